The van der Waals surface area contributed by atoms with Gasteiger partial charge < -0.3 is 0 Å². The minimum Gasteiger partial charge on any atom is -0.252 e. The van der Waals surface area contributed by atoms with Gasteiger partial charge in [-0.1, -0.05) is 118 Å². The van der Waals surface area contributed by atoms with Crippen LogP contribution in [0.5, 0.6) is 0 Å². The van der Waals surface area contributed by atoms with Crippen molar-refractivity contribution < 1.29 is 20.4 Å². The van der Waals surface area contributed by atoms with Crippen LogP contribution in [0.1, 0.15) is 179 Å². The fourth-order valence-corrected chi connectivity index (χ4v) is 5.97. The Balaban J connectivity index is 0.0000101. The Hall–Kier alpha value is -1.56. The minimum atomic E-state index is 0. The van der Waals surface area contributed by atoms with Crippen molar-refractivity contribution in [3.63, 3.8) is 0 Å². The topological polar surface area (TPSA) is 24.7 Å². The van der Waals surface area contributed by atoms with E-state index in [1.54, 1.807) is 0 Å². The van der Waals surface area contributed by atoms with Crippen LogP contribution in [0.3, 0.4) is 0 Å². The Labute approximate surface area is 293 Å². The molecule has 0 atom stereocenters. The van der Waals surface area contributed by atoms with Crippen molar-refractivity contribution in [2.45, 2.75) is 183 Å². The van der Waals surface area contributed by atoms with E-state index in [0.29, 0.717) is 0 Å². The van der Waals surface area contributed by atoms with Crippen LogP contribution in [0, 0.1) is 0 Å². The van der Waals surface area contributed by atoms with Gasteiger partial charge in [-0.25, -0.2) is 0 Å². The Morgan fingerprint density at radius 1 is 0.378 bits per heavy atom. The van der Waals surface area contributed by atoms with Crippen LogP contribution in [0.25, 0.3) is 0 Å². The van der Waals surface area contributed by atoms with Crippen molar-refractivity contribution in [3.8, 4) is 0 Å². The van der Waals surface area contributed by atoms with Crippen molar-refractivity contribution in [1.29, 1.82) is 0 Å². The summed E-state index contributed by atoms with van der Waals surface area (Å²) in [5.41, 5.74) is 10.6. The summed E-state index contributed by atoms with van der Waals surface area (Å²) in [6, 6.07) is 14.4. The van der Waals surface area contributed by atoms with Crippen molar-refractivity contribution in [2.24, 2.45) is 9.98 Å². The Kier molecular flexibility index (Phi) is 24.4. The van der Waals surface area contributed by atoms with Crippen LogP contribution >= 0.6 is 0 Å². The third-order valence-electron chi connectivity index (χ3n) is 8.75. The summed E-state index contributed by atoms with van der Waals surface area (Å²) in [6.07, 6.45) is 26.6. The monoisotopic (exact) mass is 706 g/mol. The molecule has 2 aromatic carbocycles. The van der Waals surface area contributed by atoms with Crippen molar-refractivity contribution in [1.82, 2.24) is 0 Å². The van der Waals surface area contributed by atoms with Crippen LogP contribution in [0.15, 0.2) is 46.4 Å². The van der Waals surface area contributed by atoms with Crippen LogP contribution in [-0.4, -0.2) is 11.4 Å². The summed E-state index contributed by atoms with van der Waals surface area (Å²) in [5, 5.41) is 0. The maximum atomic E-state index is 5.51. The molecule has 256 valence electrons. The molecule has 3 heteroatoms. The first-order chi connectivity index (χ1) is 21.6. The Morgan fingerprint density at radius 3 is 1.04 bits per heavy atom. The molecular formula is C42H68N2Pd. The molecule has 0 bridgehead atoms. The van der Waals surface area contributed by atoms with Crippen molar-refractivity contribution >= 4 is 22.8 Å². The van der Waals surface area contributed by atoms with Gasteiger partial charge in [0.15, 0.2) is 0 Å². The zero-order valence-electron chi connectivity index (χ0n) is 30.2. The van der Waals surface area contributed by atoms with Gasteiger partial charge in [0.2, 0.25) is 0 Å². The van der Waals surface area contributed by atoms with E-state index in [-0.39, 0.29) is 20.4 Å². The van der Waals surface area contributed by atoms with Crippen LogP contribution in [0.4, 0.5) is 11.4 Å². The van der Waals surface area contributed by atoms with Gasteiger partial charge in [0.25, 0.3) is 0 Å². The second-order valence-corrected chi connectivity index (χ2v) is 13.2. The maximum Gasteiger partial charge on any atom is 0.0639 e. The fourth-order valence-electron chi connectivity index (χ4n) is 5.97. The molecule has 0 unspecified atom stereocenters. The number of hydrogen-bond acceptors (Lipinski definition) is 2. The van der Waals surface area contributed by atoms with E-state index >= 15 is 0 Å². The van der Waals surface area contributed by atoms with Crippen molar-refractivity contribution in [2.75, 3.05) is 0 Å². The van der Waals surface area contributed by atoms with E-state index in [4.69, 9.17) is 9.98 Å². The maximum absolute atomic E-state index is 5.51. The number of nitrogens with zero attached hydrogens (tertiary/aromatic N) is 2. The van der Waals surface area contributed by atoms with Crippen molar-refractivity contribution in [3.05, 3.63) is 58.7 Å². The molecule has 2 aromatic rings. The van der Waals surface area contributed by atoms with Gasteiger partial charge in [-0.2, -0.15) is 0 Å². The largest absolute Gasteiger partial charge is 0.252 e. The van der Waals surface area contributed by atoms with Gasteiger partial charge >= 0.3 is 0 Å². The van der Waals surface area contributed by atoms with Crippen LogP contribution in [-0.2, 0) is 46.1 Å². The summed E-state index contributed by atoms with van der Waals surface area (Å²) in [7, 11) is 0. The predicted molar refractivity (Wildman–Crippen MR) is 199 cm³/mol. The van der Waals surface area contributed by atoms with Gasteiger partial charge in [-0.15, -0.1) is 0 Å². The zero-order chi connectivity index (χ0) is 31.8. The van der Waals surface area contributed by atoms with E-state index < -0.39 is 0 Å². The second-order valence-electron chi connectivity index (χ2n) is 13.2. The third kappa shape index (κ3) is 17.8. The molecular weight excluding hydrogens is 639 g/mol. The molecule has 0 aliphatic rings. The normalized spacial score (nSPS) is 12.0. The van der Waals surface area contributed by atoms with E-state index in [0.717, 1.165) is 56.3 Å². The number of aliphatic imine (C=N–C) groups is 2. The molecule has 0 fully saturated rings. The first-order valence-electron chi connectivity index (χ1n) is 19.0. The molecule has 0 aliphatic carbocycles. The smallest absolute Gasteiger partial charge is 0.0639 e. The van der Waals surface area contributed by atoms with Gasteiger partial charge in [-0.05, 0) is 124 Å². The molecule has 0 spiro atoms. The number of rotatable bonds is 25. The molecule has 0 amide bonds. The third-order valence-corrected chi connectivity index (χ3v) is 8.75. The summed E-state index contributed by atoms with van der Waals surface area (Å²) < 4.78 is 0. The average molecular weight is 707 g/mol. The molecule has 0 N–H and O–H groups in total. The predicted octanol–water partition coefficient (Wildman–Crippen LogP) is 13.8. The van der Waals surface area contributed by atoms with E-state index in [1.807, 2.05) is 0 Å². The molecule has 2 rings (SSSR count). The Morgan fingerprint density at radius 2 is 0.689 bits per heavy atom. The molecule has 0 saturated carbocycles. The molecule has 2 nitrogen and oxygen atoms in total. The molecule has 45 heavy (non-hydrogen) atoms. The van der Waals surface area contributed by atoms with Crippen LogP contribution in [0.2, 0.25) is 0 Å². The molecule has 0 heterocycles. The molecule has 0 radical (unpaired) electrons. The average Bonchev–Trinajstić information content (AvgIpc) is 3.03. The van der Waals surface area contributed by atoms with E-state index in [9.17, 15) is 0 Å². The quantitative estimate of drug-likeness (QED) is 0.0558. The summed E-state index contributed by atoms with van der Waals surface area (Å²) in [6.45, 7) is 13.8. The van der Waals surface area contributed by atoms with Gasteiger partial charge in [0, 0.05) is 20.4 Å². The number of benzene rings is 2. The summed E-state index contributed by atoms with van der Waals surface area (Å²) in [5.74, 6) is 0. The fraction of sp³-hybridized carbons (Fsp3) is 0.667. The summed E-state index contributed by atoms with van der Waals surface area (Å²) >= 11 is 0. The van der Waals surface area contributed by atoms with E-state index in [1.165, 1.54) is 130 Å². The first kappa shape index (κ1) is 41.5. The van der Waals surface area contributed by atoms with Gasteiger partial charge in [0.05, 0.1) is 22.8 Å². The number of unbranched alkanes of at least 4 members (excludes halogenated alkanes) is 10. The zero-order valence-corrected chi connectivity index (χ0v) is 31.8. The summed E-state index contributed by atoms with van der Waals surface area (Å²) in [4.78, 5) is 11.0. The van der Waals surface area contributed by atoms with Gasteiger partial charge in [0.1, 0.15) is 0 Å². The Bertz CT molecular complexity index is 1050. The number of aryl methyl sites for hydroxylation is 4. The second kappa shape index (κ2) is 26.5. The van der Waals surface area contributed by atoms with E-state index in [2.05, 4.69) is 77.9 Å². The van der Waals surface area contributed by atoms with Gasteiger partial charge in [-0.3, -0.25) is 9.98 Å². The molecule has 0 aromatic heterocycles. The standard InChI is InChI=1S/C42H68N2.Pd/c1-7-13-19-20-21-22-28-42(44-40-33-37(25-16-10-4)30-38(34-40)26-17-11-5)41(27-18-12-6)43-39-31-35(23-14-8-2)29-36(32-39)24-15-9-3;/h29-34H,7-28H2,1-6H3;/b43-41+,44-42+;. The molecule has 0 saturated heterocycles. The number of hydrogen-bond donors (Lipinski definition) is 0. The molecule has 0 aliphatic heterocycles. The first-order valence-corrected chi connectivity index (χ1v) is 19.0. The minimum absolute atomic E-state index is 0. The SMILES string of the molecule is CCCCCCCCC(=N\c1cc(CCCC)cc(CCCC)c1)/C(CCCC)=N/c1cc(CCCC)cc(CCCC)c1.[Pd]. The van der Waals surface area contributed by atoms with Crippen LogP contribution < -0.4 is 0 Å².